The maximum absolute atomic E-state index is 5.08. The number of nitrogens with zero attached hydrogens (tertiary/aromatic N) is 4. The molecule has 0 spiro atoms. The zero-order valence-corrected chi connectivity index (χ0v) is 17.7. The average Bonchev–Trinajstić information content (AvgIpc) is 3.20. The van der Waals surface area contributed by atoms with Crippen molar-refractivity contribution in [1.82, 2.24) is 9.88 Å². The summed E-state index contributed by atoms with van der Waals surface area (Å²) in [6.07, 6.45) is 3.00. The van der Waals surface area contributed by atoms with Crippen LogP contribution in [-0.4, -0.2) is 40.9 Å². The van der Waals surface area contributed by atoms with Gasteiger partial charge in [0.15, 0.2) is 5.17 Å². The molecule has 6 heteroatoms. The van der Waals surface area contributed by atoms with Crippen LogP contribution in [-0.2, 0) is 0 Å². The number of aromatic nitrogens is 1. The van der Waals surface area contributed by atoms with Crippen molar-refractivity contribution in [2.45, 2.75) is 31.5 Å². The third-order valence-electron chi connectivity index (χ3n) is 5.12. The summed E-state index contributed by atoms with van der Waals surface area (Å²) in [7, 11) is 4.13. The number of pyridine rings is 1. The van der Waals surface area contributed by atoms with Gasteiger partial charge in [-0.2, -0.15) is 0 Å². The lowest BCUT2D eigenvalue weighted by Crippen LogP contribution is -2.35. The predicted octanol–water partition coefficient (Wildman–Crippen LogP) is 4.89. The Labute approximate surface area is 167 Å². The number of halogens is 1. The fraction of sp³-hybridized carbons (Fsp3) is 0.400. The first-order valence-electron chi connectivity index (χ1n) is 8.96. The number of fused-ring (bicyclic) bond motifs is 1. The summed E-state index contributed by atoms with van der Waals surface area (Å²) < 4.78 is 1.12. The van der Waals surface area contributed by atoms with Crippen LogP contribution in [0.25, 0.3) is 0 Å². The minimum absolute atomic E-state index is 0.0464. The molecule has 1 fully saturated rings. The van der Waals surface area contributed by atoms with E-state index in [1.165, 1.54) is 16.4 Å². The number of rotatable bonds is 4. The standard InChI is InChI=1S/C20H23BrN4S/c1-4-14-12-26-20-23-18(16-7-5-6-10-22-16)19(25(14)20)13-8-9-17(24(2)3)15(21)11-13/h5-11,14,18-19H,4,12H2,1-3H3/t14-,18+,19+/m1/s1. The molecule has 0 radical (unpaired) electrons. The first kappa shape index (κ1) is 17.9. The Hall–Kier alpha value is -1.53. The molecule has 4 rings (SSSR count). The van der Waals surface area contributed by atoms with Crippen molar-refractivity contribution in [2.24, 2.45) is 4.99 Å². The molecule has 0 saturated carbocycles. The fourth-order valence-corrected chi connectivity index (χ4v) is 5.87. The molecule has 2 aliphatic rings. The summed E-state index contributed by atoms with van der Waals surface area (Å²) in [6.45, 7) is 2.27. The molecule has 0 amide bonds. The molecule has 1 aromatic heterocycles. The number of aliphatic imine (C=N–C) groups is 1. The van der Waals surface area contributed by atoms with Crippen molar-refractivity contribution in [3.63, 3.8) is 0 Å². The van der Waals surface area contributed by atoms with Gasteiger partial charge in [-0.1, -0.05) is 30.8 Å². The van der Waals surface area contributed by atoms with E-state index in [4.69, 9.17) is 4.99 Å². The Bertz CT molecular complexity index is 824. The van der Waals surface area contributed by atoms with Crippen LogP contribution >= 0.6 is 27.7 Å². The topological polar surface area (TPSA) is 31.7 Å². The monoisotopic (exact) mass is 430 g/mol. The molecule has 2 aliphatic heterocycles. The second kappa shape index (κ2) is 7.24. The molecule has 1 saturated heterocycles. The highest BCUT2D eigenvalue weighted by Gasteiger charge is 2.45. The van der Waals surface area contributed by atoms with E-state index in [2.05, 4.69) is 82.1 Å². The van der Waals surface area contributed by atoms with Gasteiger partial charge in [-0.25, -0.2) is 0 Å². The van der Waals surface area contributed by atoms with Crippen LogP contribution in [0.2, 0.25) is 0 Å². The molecule has 4 nitrogen and oxygen atoms in total. The van der Waals surface area contributed by atoms with E-state index in [-0.39, 0.29) is 12.1 Å². The van der Waals surface area contributed by atoms with Gasteiger partial charge in [-0.3, -0.25) is 9.98 Å². The SMILES string of the molecule is CC[C@@H]1CSC2=N[C@@H](c3ccccn3)[C@H](c3ccc(N(C)C)c(Br)c3)N21. The highest BCUT2D eigenvalue weighted by molar-refractivity contribution is 9.10. The van der Waals surface area contributed by atoms with Crippen LogP contribution < -0.4 is 4.90 Å². The third kappa shape index (κ3) is 3.03. The van der Waals surface area contributed by atoms with Crippen molar-refractivity contribution >= 4 is 38.5 Å². The van der Waals surface area contributed by atoms with E-state index < -0.39 is 0 Å². The second-order valence-electron chi connectivity index (χ2n) is 6.94. The first-order valence-corrected chi connectivity index (χ1v) is 10.7. The van der Waals surface area contributed by atoms with Crippen molar-refractivity contribution < 1.29 is 0 Å². The van der Waals surface area contributed by atoms with E-state index in [1.807, 2.05) is 24.0 Å². The van der Waals surface area contributed by atoms with E-state index >= 15 is 0 Å². The molecule has 3 atom stereocenters. The molecule has 0 unspecified atom stereocenters. The molecule has 0 N–H and O–H groups in total. The van der Waals surface area contributed by atoms with Crippen LogP contribution in [0.3, 0.4) is 0 Å². The number of benzene rings is 1. The number of anilines is 1. The molecule has 2 aromatic rings. The Morgan fingerprint density at radius 2 is 2.12 bits per heavy atom. The zero-order valence-electron chi connectivity index (χ0n) is 15.3. The van der Waals surface area contributed by atoms with E-state index in [9.17, 15) is 0 Å². The minimum atomic E-state index is 0.0464. The summed E-state index contributed by atoms with van der Waals surface area (Å²) in [5.41, 5.74) is 3.52. The molecular formula is C20H23BrN4S. The molecule has 3 heterocycles. The van der Waals surface area contributed by atoms with Gasteiger partial charge < -0.3 is 9.80 Å². The molecule has 0 aliphatic carbocycles. The van der Waals surface area contributed by atoms with Crippen molar-refractivity contribution in [3.8, 4) is 0 Å². The molecule has 136 valence electrons. The molecular weight excluding hydrogens is 408 g/mol. The summed E-state index contributed by atoms with van der Waals surface area (Å²) in [5, 5.41) is 1.17. The number of hydrogen-bond acceptors (Lipinski definition) is 5. The Balaban J connectivity index is 1.78. The van der Waals surface area contributed by atoms with Crippen LogP contribution in [0.1, 0.15) is 36.7 Å². The van der Waals surface area contributed by atoms with Gasteiger partial charge in [-0.15, -0.1) is 0 Å². The lowest BCUT2D eigenvalue weighted by Gasteiger charge is -2.32. The third-order valence-corrected chi connectivity index (χ3v) is 6.89. The quantitative estimate of drug-likeness (QED) is 0.690. The van der Waals surface area contributed by atoms with Gasteiger partial charge in [0.25, 0.3) is 0 Å². The number of thioether (sulfide) groups is 1. The van der Waals surface area contributed by atoms with Crippen LogP contribution in [0.5, 0.6) is 0 Å². The first-order chi connectivity index (χ1) is 12.6. The van der Waals surface area contributed by atoms with Crippen LogP contribution in [0.15, 0.2) is 52.1 Å². The predicted molar refractivity (Wildman–Crippen MR) is 114 cm³/mol. The molecule has 0 bridgehead atoms. The minimum Gasteiger partial charge on any atom is -0.377 e. The Morgan fingerprint density at radius 3 is 2.77 bits per heavy atom. The lowest BCUT2D eigenvalue weighted by atomic mass is 9.95. The lowest BCUT2D eigenvalue weighted by molar-refractivity contribution is 0.255. The van der Waals surface area contributed by atoms with Gasteiger partial charge in [-0.05, 0) is 52.2 Å². The number of hydrogen-bond donors (Lipinski definition) is 0. The zero-order chi connectivity index (χ0) is 18.3. The average molecular weight is 431 g/mol. The maximum Gasteiger partial charge on any atom is 0.160 e. The maximum atomic E-state index is 5.08. The van der Waals surface area contributed by atoms with Gasteiger partial charge >= 0.3 is 0 Å². The summed E-state index contributed by atoms with van der Waals surface area (Å²) in [4.78, 5) is 14.4. The smallest absolute Gasteiger partial charge is 0.160 e. The highest BCUT2D eigenvalue weighted by atomic mass is 79.9. The van der Waals surface area contributed by atoms with Crippen LogP contribution in [0.4, 0.5) is 5.69 Å². The normalized spacial score (nSPS) is 24.5. The summed E-state index contributed by atoms with van der Waals surface area (Å²) >= 11 is 5.64. The summed E-state index contributed by atoms with van der Waals surface area (Å²) in [5.74, 6) is 1.12. The summed E-state index contributed by atoms with van der Waals surface area (Å²) in [6, 6.07) is 13.6. The van der Waals surface area contributed by atoms with Gasteiger partial charge in [0.1, 0.15) is 6.04 Å². The van der Waals surface area contributed by atoms with Crippen molar-refractivity contribution in [1.29, 1.82) is 0 Å². The Kier molecular flexibility index (Phi) is 4.97. The van der Waals surface area contributed by atoms with Gasteiger partial charge in [0.05, 0.1) is 17.4 Å². The number of amidine groups is 1. The van der Waals surface area contributed by atoms with Crippen molar-refractivity contribution in [2.75, 3.05) is 24.7 Å². The fourth-order valence-electron chi connectivity index (χ4n) is 3.78. The molecule has 1 aromatic carbocycles. The van der Waals surface area contributed by atoms with Crippen molar-refractivity contribution in [3.05, 3.63) is 58.3 Å². The van der Waals surface area contributed by atoms with E-state index in [0.717, 1.165) is 22.3 Å². The van der Waals surface area contributed by atoms with Gasteiger partial charge in [0.2, 0.25) is 0 Å². The largest absolute Gasteiger partial charge is 0.377 e. The highest BCUT2D eigenvalue weighted by Crippen LogP contribution is 2.49. The van der Waals surface area contributed by atoms with E-state index in [1.54, 1.807) is 0 Å². The van der Waals surface area contributed by atoms with E-state index in [0.29, 0.717) is 6.04 Å². The van der Waals surface area contributed by atoms with Crippen LogP contribution in [0, 0.1) is 0 Å². The second-order valence-corrected chi connectivity index (χ2v) is 8.78. The van der Waals surface area contributed by atoms with Gasteiger partial charge in [0, 0.05) is 36.6 Å². The Morgan fingerprint density at radius 1 is 1.27 bits per heavy atom. The molecule has 26 heavy (non-hydrogen) atoms.